The van der Waals surface area contributed by atoms with Gasteiger partial charge in [-0.15, -0.1) is 0 Å². The number of nitrogens with one attached hydrogen (secondary N) is 1. The molecule has 0 aliphatic carbocycles. The van der Waals surface area contributed by atoms with Gasteiger partial charge in [0.05, 0.1) is 18.2 Å². The van der Waals surface area contributed by atoms with E-state index in [4.69, 9.17) is 4.74 Å². The first kappa shape index (κ1) is 12.8. The van der Waals surface area contributed by atoms with Crippen LogP contribution in [0.2, 0.25) is 0 Å². The molecule has 4 unspecified atom stereocenters. The molecule has 0 aromatic heterocycles. The van der Waals surface area contributed by atoms with Crippen LogP contribution in [0.15, 0.2) is 0 Å². The van der Waals surface area contributed by atoms with Gasteiger partial charge in [0.25, 0.3) is 0 Å². The van der Waals surface area contributed by atoms with Crippen LogP contribution >= 0.6 is 0 Å². The quantitative estimate of drug-likeness (QED) is 0.691. The maximum atomic E-state index is 12.2. The molecule has 2 fully saturated rings. The average Bonchev–Trinajstić information content (AvgIpc) is 2.80. The van der Waals surface area contributed by atoms with Gasteiger partial charge in [-0.05, 0) is 18.8 Å². The summed E-state index contributed by atoms with van der Waals surface area (Å²) in [4.78, 5) is 14.1. The average molecular weight is 242 g/mol. The molecule has 2 saturated heterocycles. The van der Waals surface area contributed by atoms with Crippen molar-refractivity contribution in [3.8, 4) is 0 Å². The maximum Gasteiger partial charge on any atom is 0.239 e. The summed E-state index contributed by atoms with van der Waals surface area (Å²) in [7, 11) is 1.68. The smallest absolute Gasteiger partial charge is 0.239 e. The van der Waals surface area contributed by atoms with E-state index in [1.165, 1.54) is 0 Å². The lowest BCUT2D eigenvalue weighted by Crippen LogP contribution is -2.50. The molecule has 2 rings (SSSR count). The highest BCUT2D eigenvalue weighted by Crippen LogP contribution is 2.19. The molecule has 2 heterocycles. The highest BCUT2D eigenvalue weighted by molar-refractivity contribution is 5.82. The number of carbonyl (C=O) groups is 1. The summed E-state index contributed by atoms with van der Waals surface area (Å²) in [6.07, 6.45) is 1.33. The molecular weight excluding hydrogens is 220 g/mol. The molecule has 17 heavy (non-hydrogen) atoms. The molecule has 0 spiro atoms. The van der Waals surface area contributed by atoms with Gasteiger partial charge in [0.1, 0.15) is 0 Å². The third-order valence-corrected chi connectivity index (χ3v) is 3.89. The Balaban J connectivity index is 1.88. The molecule has 4 atom stereocenters. The predicted octanol–water partition coefficient (Wildman–Crippen LogP) is -0.407. The Bertz CT molecular complexity index is 285. The number of methoxy groups -OCH3 is 1. The minimum atomic E-state index is -0.262. The minimum Gasteiger partial charge on any atom is -0.393 e. The molecule has 0 radical (unpaired) electrons. The van der Waals surface area contributed by atoms with Crippen molar-refractivity contribution >= 4 is 5.91 Å². The molecule has 2 aliphatic heterocycles. The van der Waals surface area contributed by atoms with Crippen LogP contribution in [0, 0.1) is 5.92 Å². The predicted molar refractivity (Wildman–Crippen MR) is 63.6 cm³/mol. The van der Waals surface area contributed by atoms with Crippen LogP contribution in [0.5, 0.6) is 0 Å². The van der Waals surface area contributed by atoms with Gasteiger partial charge in [-0.1, -0.05) is 6.92 Å². The number of hydrogen-bond acceptors (Lipinski definition) is 4. The molecule has 5 nitrogen and oxygen atoms in total. The van der Waals surface area contributed by atoms with E-state index in [1.807, 2.05) is 11.8 Å². The molecule has 0 saturated carbocycles. The third-order valence-electron chi connectivity index (χ3n) is 3.89. The van der Waals surface area contributed by atoms with E-state index < -0.39 is 0 Å². The number of rotatable bonds is 2. The van der Waals surface area contributed by atoms with Crippen molar-refractivity contribution in [2.45, 2.75) is 38.0 Å². The number of aliphatic hydroxyl groups is 1. The van der Waals surface area contributed by atoms with Gasteiger partial charge in [0, 0.05) is 26.7 Å². The van der Waals surface area contributed by atoms with Gasteiger partial charge in [-0.25, -0.2) is 0 Å². The lowest BCUT2D eigenvalue weighted by atomic mass is 9.96. The molecule has 98 valence electrons. The number of amides is 1. The molecule has 2 aliphatic rings. The molecule has 2 N–H and O–H groups in total. The lowest BCUT2D eigenvalue weighted by molar-refractivity contribution is -0.136. The van der Waals surface area contributed by atoms with E-state index in [9.17, 15) is 9.90 Å². The first-order valence-corrected chi connectivity index (χ1v) is 6.35. The highest BCUT2D eigenvalue weighted by Gasteiger charge is 2.35. The van der Waals surface area contributed by atoms with Gasteiger partial charge in [-0.2, -0.15) is 0 Å². The summed E-state index contributed by atoms with van der Waals surface area (Å²) in [5, 5.41) is 12.9. The third kappa shape index (κ3) is 2.78. The van der Waals surface area contributed by atoms with E-state index in [0.29, 0.717) is 19.5 Å². The SMILES string of the molecule is COC1CNC(C(=O)N2CCC(O)C(C)C2)C1. The topological polar surface area (TPSA) is 61.8 Å². The van der Waals surface area contributed by atoms with Crippen molar-refractivity contribution < 1.29 is 14.6 Å². The van der Waals surface area contributed by atoms with Crippen LogP contribution in [0.25, 0.3) is 0 Å². The fourth-order valence-corrected chi connectivity index (χ4v) is 2.62. The fourth-order valence-electron chi connectivity index (χ4n) is 2.62. The van der Waals surface area contributed by atoms with Crippen LogP contribution in [0.4, 0.5) is 0 Å². The molecule has 0 aromatic carbocycles. The Kier molecular flexibility index (Phi) is 4.01. The van der Waals surface area contributed by atoms with E-state index in [-0.39, 0.29) is 30.1 Å². The summed E-state index contributed by atoms with van der Waals surface area (Å²) in [5.41, 5.74) is 0. The Morgan fingerprint density at radius 3 is 2.88 bits per heavy atom. The summed E-state index contributed by atoms with van der Waals surface area (Å²) in [6.45, 7) is 4.07. The van der Waals surface area contributed by atoms with Crippen molar-refractivity contribution in [1.29, 1.82) is 0 Å². The minimum absolute atomic E-state index is 0.109. The van der Waals surface area contributed by atoms with Crippen molar-refractivity contribution in [3.05, 3.63) is 0 Å². The summed E-state index contributed by atoms with van der Waals surface area (Å²) >= 11 is 0. The summed E-state index contributed by atoms with van der Waals surface area (Å²) in [6, 6.07) is -0.109. The summed E-state index contributed by atoms with van der Waals surface area (Å²) < 4.78 is 5.24. The molecule has 0 bridgehead atoms. The van der Waals surface area contributed by atoms with Crippen LogP contribution < -0.4 is 5.32 Å². The molecular formula is C12H22N2O3. The first-order chi connectivity index (χ1) is 8.11. The Morgan fingerprint density at radius 2 is 2.29 bits per heavy atom. The van der Waals surface area contributed by atoms with Gasteiger partial charge < -0.3 is 20.1 Å². The molecule has 5 heteroatoms. The normalized spacial score (nSPS) is 38.4. The zero-order valence-corrected chi connectivity index (χ0v) is 10.6. The maximum absolute atomic E-state index is 12.2. The van der Waals surface area contributed by atoms with E-state index >= 15 is 0 Å². The van der Waals surface area contributed by atoms with Gasteiger partial charge in [-0.3, -0.25) is 4.79 Å². The standard InChI is InChI=1S/C12H22N2O3/c1-8-7-14(4-3-11(8)15)12(16)10-5-9(17-2)6-13-10/h8-11,13,15H,3-7H2,1-2H3. The molecule has 0 aromatic rings. The number of ether oxygens (including phenoxy) is 1. The Hall–Kier alpha value is -0.650. The largest absolute Gasteiger partial charge is 0.393 e. The van der Waals surface area contributed by atoms with Gasteiger partial charge in [0.2, 0.25) is 5.91 Å². The Morgan fingerprint density at radius 1 is 1.53 bits per heavy atom. The van der Waals surface area contributed by atoms with Crippen molar-refractivity contribution in [3.63, 3.8) is 0 Å². The van der Waals surface area contributed by atoms with Gasteiger partial charge >= 0.3 is 0 Å². The molecule has 1 amide bonds. The second-order valence-corrected chi connectivity index (χ2v) is 5.17. The van der Waals surface area contributed by atoms with E-state index in [2.05, 4.69) is 5.32 Å². The Labute approximate surface area is 102 Å². The van der Waals surface area contributed by atoms with Crippen LogP contribution in [-0.4, -0.2) is 60.9 Å². The number of hydrogen-bond donors (Lipinski definition) is 2. The number of aliphatic hydroxyl groups excluding tert-OH is 1. The number of nitrogens with zero attached hydrogens (tertiary/aromatic N) is 1. The lowest BCUT2D eigenvalue weighted by Gasteiger charge is -2.35. The second kappa shape index (κ2) is 5.33. The zero-order chi connectivity index (χ0) is 12.4. The van der Waals surface area contributed by atoms with E-state index in [0.717, 1.165) is 13.0 Å². The van der Waals surface area contributed by atoms with Gasteiger partial charge in [0.15, 0.2) is 0 Å². The number of likely N-dealkylation sites (tertiary alicyclic amines) is 1. The summed E-state index contributed by atoms with van der Waals surface area (Å²) in [5.74, 6) is 0.329. The zero-order valence-electron chi connectivity index (χ0n) is 10.6. The number of piperidine rings is 1. The second-order valence-electron chi connectivity index (χ2n) is 5.17. The van der Waals surface area contributed by atoms with Crippen molar-refractivity contribution in [2.24, 2.45) is 5.92 Å². The van der Waals surface area contributed by atoms with Crippen LogP contribution in [-0.2, 0) is 9.53 Å². The van der Waals surface area contributed by atoms with E-state index in [1.54, 1.807) is 7.11 Å². The van der Waals surface area contributed by atoms with Crippen molar-refractivity contribution in [1.82, 2.24) is 10.2 Å². The monoisotopic (exact) mass is 242 g/mol. The van der Waals surface area contributed by atoms with Crippen molar-refractivity contribution in [2.75, 3.05) is 26.7 Å². The highest BCUT2D eigenvalue weighted by atomic mass is 16.5. The first-order valence-electron chi connectivity index (χ1n) is 6.35. The van der Waals surface area contributed by atoms with Crippen LogP contribution in [0.3, 0.4) is 0 Å². The number of carbonyl (C=O) groups excluding carboxylic acids is 1. The fraction of sp³-hybridized carbons (Fsp3) is 0.917. The van der Waals surface area contributed by atoms with Crippen LogP contribution in [0.1, 0.15) is 19.8 Å².